The molecule has 2 N–H and O–H groups in total. The second kappa shape index (κ2) is 7.85. The Balaban J connectivity index is 1.68. The lowest BCUT2D eigenvalue weighted by atomic mass is 10.2. The molecule has 27 heavy (non-hydrogen) atoms. The minimum Gasteiger partial charge on any atom is -0.267 e. The standard InChI is InChI=1S/C18H20N4O4S/c1-13-7-8-15(12-19-13)18(24)21-20-17(23)14-5-4-6-16(11-14)27(25,26)22-9-2-3-10-22/h4-8,11-12H,2-3,9-10H2,1H3,(H,20,23)(H,21,24). The zero-order valence-electron chi connectivity index (χ0n) is 14.8. The van der Waals surface area contributed by atoms with E-state index >= 15 is 0 Å². The molecule has 1 aliphatic heterocycles. The van der Waals surface area contributed by atoms with Crippen LogP contribution in [0.3, 0.4) is 0 Å². The monoisotopic (exact) mass is 388 g/mol. The summed E-state index contributed by atoms with van der Waals surface area (Å²) < 4.78 is 26.6. The lowest BCUT2D eigenvalue weighted by Crippen LogP contribution is -2.41. The third-order valence-electron chi connectivity index (χ3n) is 4.26. The van der Waals surface area contributed by atoms with E-state index in [1.54, 1.807) is 19.1 Å². The molecule has 0 bridgehead atoms. The zero-order chi connectivity index (χ0) is 19.4. The van der Waals surface area contributed by atoms with E-state index in [9.17, 15) is 18.0 Å². The first kappa shape index (κ1) is 19.0. The molecule has 0 radical (unpaired) electrons. The van der Waals surface area contributed by atoms with Gasteiger partial charge in [-0.3, -0.25) is 25.4 Å². The number of carbonyl (C=O) groups excluding carboxylic acids is 2. The summed E-state index contributed by atoms with van der Waals surface area (Å²) in [4.78, 5) is 28.4. The maximum atomic E-state index is 12.6. The smallest absolute Gasteiger partial charge is 0.267 e. The molecule has 2 amide bonds. The van der Waals surface area contributed by atoms with Gasteiger partial charge < -0.3 is 0 Å². The molecule has 3 rings (SSSR count). The van der Waals surface area contributed by atoms with Gasteiger partial charge in [0.05, 0.1) is 10.5 Å². The number of sulfonamides is 1. The van der Waals surface area contributed by atoms with E-state index in [1.165, 1.54) is 34.8 Å². The van der Waals surface area contributed by atoms with Crippen LogP contribution in [-0.2, 0) is 10.0 Å². The molecule has 0 spiro atoms. The second-order valence-corrected chi connectivity index (χ2v) is 8.17. The molecule has 1 aromatic heterocycles. The summed E-state index contributed by atoms with van der Waals surface area (Å²) in [5, 5.41) is 0. The van der Waals surface area contributed by atoms with Crippen molar-refractivity contribution in [2.45, 2.75) is 24.7 Å². The Morgan fingerprint density at radius 2 is 1.67 bits per heavy atom. The van der Waals surface area contributed by atoms with Crippen molar-refractivity contribution in [1.82, 2.24) is 20.1 Å². The predicted octanol–water partition coefficient (Wildman–Crippen LogP) is 1.25. The van der Waals surface area contributed by atoms with Gasteiger partial charge in [-0.05, 0) is 50.1 Å². The van der Waals surface area contributed by atoms with Gasteiger partial charge in [0.2, 0.25) is 10.0 Å². The van der Waals surface area contributed by atoms with E-state index in [4.69, 9.17) is 0 Å². The molecule has 2 aromatic rings. The van der Waals surface area contributed by atoms with Gasteiger partial charge in [0.1, 0.15) is 0 Å². The Bertz CT molecular complexity index is 952. The molecule has 0 atom stereocenters. The third-order valence-corrected chi connectivity index (χ3v) is 6.16. The van der Waals surface area contributed by atoms with Crippen molar-refractivity contribution in [1.29, 1.82) is 0 Å². The molecule has 0 saturated carbocycles. The molecule has 1 aliphatic rings. The van der Waals surface area contributed by atoms with E-state index in [0.717, 1.165) is 18.5 Å². The van der Waals surface area contributed by atoms with Crippen LogP contribution in [-0.4, -0.2) is 42.6 Å². The lowest BCUT2D eigenvalue weighted by Gasteiger charge is -2.16. The van der Waals surface area contributed by atoms with Gasteiger partial charge in [-0.2, -0.15) is 4.31 Å². The number of nitrogens with zero attached hydrogens (tertiary/aromatic N) is 2. The van der Waals surface area contributed by atoms with Gasteiger partial charge in [0, 0.05) is 30.5 Å². The predicted molar refractivity (Wildman–Crippen MR) is 98.3 cm³/mol. The van der Waals surface area contributed by atoms with Crippen molar-refractivity contribution in [3.63, 3.8) is 0 Å². The molecule has 1 aromatic carbocycles. The van der Waals surface area contributed by atoms with Crippen molar-refractivity contribution < 1.29 is 18.0 Å². The van der Waals surface area contributed by atoms with Crippen molar-refractivity contribution in [3.8, 4) is 0 Å². The highest BCUT2D eigenvalue weighted by Crippen LogP contribution is 2.21. The lowest BCUT2D eigenvalue weighted by molar-refractivity contribution is 0.0846. The zero-order valence-corrected chi connectivity index (χ0v) is 15.6. The molecule has 2 heterocycles. The van der Waals surface area contributed by atoms with Crippen molar-refractivity contribution in [2.24, 2.45) is 0 Å². The van der Waals surface area contributed by atoms with E-state index in [0.29, 0.717) is 18.7 Å². The molecule has 9 heteroatoms. The highest BCUT2D eigenvalue weighted by atomic mass is 32.2. The number of carbonyl (C=O) groups is 2. The third kappa shape index (κ3) is 4.32. The maximum absolute atomic E-state index is 12.6. The fourth-order valence-electron chi connectivity index (χ4n) is 2.74. The van der Waals surface area contributed by atoms with Gasteiger partial charge >= 0.3 is 0 Å². The molecular formula is C18H20N4O4S. The van der Waals surface area contributed by atoms with Crippen molar-refractivity contribution in [2.75, 3.05) is 13.1 Å². The number of nitrogens with one attached hydrogen (secondary N) is 2. The highest BCUT2D eigenvalue weighted by molar-refractivity contribution is 7.89. The molecule has 0 aliphatic carbocycles. The van der Waals surface area contributed by atoms with Crippen LogP contribution in [0, 0.1) is 6.92 Å². The summed E-state index contributed by atoms with van der Waals surface area (Å²) >= 11 is 0. The maximum Gasteiger partial charge on any atom is 0.271 e. The number of pyridine rings is 1. The van der Waals surface area contributed by atoms with E-state index in [2.05, 4.69) is 15.8 Å². The summed E-state index contributed by atoms with van der Waals surface area (Å²) in [5.41, 5.74) is 5.78. The van der Waals surface area contributed by atoms with Gasteiger partial charge in [-0.15, -0.1) is 0 Å². The number of hydrogen-bond acceptors (Lipinski definition) is 5. The first-order valence-electron chi connectivity index (χ1n) is 8.51. The van der Waals surface area contributed by atoms with Crippen molar-refractivity contribution in [3.05, 3.63) is 59.4 Å². The highest BCUT2D eigenvalue weighted by Gasteiger charge is 2.27. The topological polar surface area (TPSA) is 108 Å². The van der Waals surface area contributed by atoms with Crippen LogP contribution in [0.1, 0.15) is 39.3 Å². The van der Waals surface area contributed by atoms with Crippen LogP contribution in [0.2, 0.25) is 0 Å². The number of aryl methyl sites for hydroxylation is 1. The molecule has 8 nitrogen and oxygen atoms in total. The summed E-state index contributed by atoms with van der Waals surface area (Å²) in [6.45, 7) is 2.77. The van der Waals surface area contributed by atoms with Crippen LogP contribution >= 0.6 is 0 Å². The summed E-state index contributed by atoms with van der Waals surface area (Å²) in [5.74, 6) is -1.13. The van der Waals surface area contributed by atoms with Gasteiger partial charge in [0.25, 0.3) is 11.8 Å². The van der Waals surface area contributed by atoms with Crippen LogP contribution in [0.4, 0.5) is 0 Å². The van der Waals surface area contributed by atoms with Crippen molar-refractivity contribution >= 4 is 21.8 Å². The van der Waals surface area contributed by atoms with E-state index in [-0.39, 0.29) is 10.5 Å². The van der Waals surface area contributed by atoms with Gasteiger partial charge in [0.15, 0.2) is 0 Å². The summed E-state index contributed by atoms with van der Waals surface area (Å²) in [6.07, 6.45) is 3.07. The SMILES string of the molecule is Cc1ccc(C(=O)NNC(=O)c2cccc(S(=O)(=O)N3CCCC3)c2)cn1. The fraction of sp³-hybridized carbons (Fsp3) is 0.278. The van der Waals surface area contributed by atoms with Crippen LogP contribution in [0.25, 0.3) is 0 Å². The first-order chi connectivity index (χ1) is 12.9. The van der Waals surface area contributed by atoms with Gasteiger partial charge in [-0.1, -0.05) is 6.07 Å². The van der Waals surface area contributed by atoms with Crippen LogP contribution < -0.4 is 10.9 Å². The molecule has 142 valence electrons. The molecule has 1 saturated heterocycles. The van der Waals surface area contributed by atoms with Crippen LogP contribution in [0.15, 0.2) is 47.5 Å². The number of aromatic nitrogens is 1. The number of hydrogen-bond donors (Lipinski definition) is 2. The minimum absolute atomic E-state index is 0.0612. The minimum atomic E-state index is -3.62. The Morgan fingerprint density at radius 3 is 2.30 bits per heavy atom. The first-order valence-corrected chi connectivity index (χ1v) is 9.95. The molecule has 1 fully saturated rings. The van der Waals surface area contributed by atoms with Crippen LogP contribution in [0.5, 0.6) is 0 Å². The average molecular weight is 388 g/mol. The largest absolute Gasteiger partial charge is 0.271 e. The second-order valence-electron chi connectivity index (χ2n) is 6.24. The number of amides is 2. The Hall–Kier alpha value is -2.78. The Kier molecular flexibility index (Phi) is 5.52. The summed E-state index contributed by atoms with van der Waals surface area (Å²) in [7, 11) is -3.62. The van der Waals surface area contributed by atoms with Gasteiger partial charge in [-0.25, -0.2) is 8.42 Å². The molecule has 0 unspecified atom stereocenters. The summed E-state index contributed by atoms with van der Waals surface area (Å²) in [6, 6.07) is 9.03. The van der Waals surface area contributed by atoms with E-state index in [1.807, 2.05) is 0 Å². The normalized spacial score (nSPS) is 14.7. The number of hydrazine groups is 1. The number of rotatable bonds is 4. The average Bonchev–Trinajstić information content (AvgIpc) is 3.22. The fourth-order valence-corrected chi connectivity index (χ4v) is 4.30. The Labute approximate surface area is 157 Å². The molecular weight excluding hydrogens is 368 g/mol. The number of benzene rings is 1. The van der Waals surface area contributed by atoms with E-state index < -0.39 is 21.8 Å². The quantitative estimate of drug-likeness (QED) is 0.767. The Morgan fingerprint density at radius 1 is 1.00 bits per heavy atom.